The van der Waals surface area contributed by atoms with E-state index in [1.165, 1.54) is 6.42 Å². The maximum Gasteiger partial charge on any atom is 0.262 e. The van der Waals surface area contributed by atoms with Crippen molar-refractivity contribution in [2.24, 2.45) is 5.73 Å². The van der Waals surface area contributed by atoms with Crippen LogP contribution in [0, 0.1) is 0 Å². The Balaban J connectivity index is 1.44. The Morgan fingerprint density at radius 1 is 1.00 bits per heavy atom. The van der Waals surface area contributed by atoms with Gasteiger partial charge in [0.25, 0.3) is 5.91 Å². The van der Waals surface area contributed by atoms with Gasteiger partial charge < -0.3 is 25.6 Å². The molecule has 0 spiro atoms. The van der Waals surface area contributed by atoms with Gasteiger partial charge in [-0.15, -0.1) is 0 Å². The molecule has 2 heterocycles. The molecule has 8 nitrogen and oxygen atoms in total. The van der Waals surface area contributed by atoms with Gasteiger partial charge in [0.2, 0.25) is 11.8 Å². The fourth-order valence-electron chi connectivity index (χ4n) is 4.20. The highest BCUT2D eigenvalue weighted by Gasteiger charge is 2.22. The van der Waals surface area contributed by atoms with Crippen molar-refractivity contribution in [2.75, 3.05) is 41.4 Å². The third-order valence-electron chi connectivity index (χ3n) is 5.82. The molecule has 0 saturated carbocycles. The second-order valence-electron chi connectivity index (χ2n) is 8.13. The molecule has 168 valence electrons. The molecule has 4 rings (SSSR count). The number of amides is 3. The van der Waals surface area contributed by atoms with E-state index in [1.54, 1.807) is 35.2 Å². The van der Waals surface area contributed by atoms with Crippen LogP contribution in [0.1, 0.15) is 42.5 Å². The van der Waals surface area contributed by atoms with Crippen molar-refractivity contribution in [2.45, 2.75) is 32.1 Å². The molecule has 2 aromatic carbocycles. The number of rotatable bonds is 7. The van der Waals surface area contributed by atoms with Crippen LogP contribution >= 0.6 is 0 Å². The van der Waals surface area contributed by atoms with Crippen LogP contribution in [0.2, 0.25) is 0 Å². The van der Waals surface area contributed by atoms with Gasteiger partial charge in [-0.25, -0.2) is 0 Å². The summed E-state index contributed by atoms with van der Waals surface area (Å²) < 4.78 is 5.68. The zero-order valence-corrected chi connectivity index (χ0v) is 18.0. The first-order valence-corrected chi connectivity index (χ1v) is 11.0. The molecule has 2 saturated heterocycles. The van der Waals surface area contributed by atoms with Crippen LogP contribution in [0.3, 0.4) is 0 Å². The Hall–Kier alpha value is -3.55. The average molecular weight is 437 g/mol. The van der Waals surface area contributed by atoms with Crippen molar-refractivity contribution in [3.63, 3.8) is 0 Å². The van der Waals surface area contributed by atoms with Crippen LogP contribution in [0.15, 0.2) is 42.5 Å². The Morgan fingerprint density at radius 3 is 2.53 bits per heavy atom. The summed E-state index contributed by atoms with van der Waals surface area (Å²) in [5, 5.41) is 2.87. The molecule has 2 aliphatic rings. The van der Waals surface area contributed by atoms with Gasteiger partial charge in [0.15, 0.2) is 6.61 Å². The van der Waals surface area contributed by atoms with E-state index in [0.717, 1.165) is 43.7 Å². The lowest BCUT2D eigenvalue weighted by atomic mass is 10.1. The smallest absolute Gasteiger partial charge is 0.262 e. The molecule has 0 atom stereocenters. The second-order valence-corrected chi connectivity index (χ2v) is 8.13. The fraction of sp³-hybridized carbons (Fsp3) is 0.375. The maximum absolute atomic E-state index is 12.7. The Kier molecular flexibility index (Phi) is 6.58. The molecule has 0 aliphatic carbocycles. The Morgan fingerprint density at radius 2 is 1.81 bits per heavy atom. The van der Waals surface area contributed by atoms with Crippen LogP contribution in [-0.2, 0) is 9.59 Å². The minimum absolute atomic E-state index is 0.0967. The van der Waals surface area contributed by atoms with Crippen molar-refractivity contribution in [3.05, 3.63) is 48.0 Å². The van der Waals surface area contributed by atoms with E-state index in [9.17, 15) is 14.4 Å². The summed E-state index contributed by atoms with van der Waals surface area (Å²) in [6.45, 7) is 2.30. The first kappa shape index (κ1) is 21.7. The summed E-state index contributed by atoms with van der Waals surface area (Å²) in [6, 6.07) is 12.3. The Bertz CT molecular complexity index is 1020. The summed E-state index contributed by atoms with van der Waals surface area (Å²) >= 11 is 0. The first-order chi connectivity index (χ1) is 15.5. The lowest BCUT2D eigenvalue weighted by Crippen LogP contribution is -2.31. The molecule has 0 radical (unpaired) electrons. The van der Waals surface area contributed by atoms with Gasteiger partial charge in [-0.3, -0.25) is 14.4 Å². The number of piperidine rings is 1. The highest BCUT2D eigenvalue weighted by atomic mass is 16.5. The molecule has 32 heavy (non-hydrogen) atoms. The van der Waals surface area contributed by atoms with Gasteiger partial charge in [0, 0.05) is 43.4 Å². The number of carbonyl (C=O) groups excluding carboxylic acids is 3. The first-order valence-electron chi connectivity index (χ1n) is 11.0. The summed E-state index contributed by atoms with van der Waals surface area (Å²) in [6.07, 6.45) is 4.76. The van der Waals surface area contributed by atoms with Crippen molar-refractivity contribution in [3.8, 4) is 5.75 Å². The van der Waals surface area contributed by atoms with Crippen molar-refractivity contribution in [1.82, 2.24) is 0 Å². The second kappa shape index (κ2) is 9.72. The lowest BCUT2D eigenvalue weighted by molar-refractivity contribution is -0.118. The van der Waals surface area contributed by atoms with E-state index in [1.807, 2.05) is 12.1 Å². The van der Waals surface area contributed by atoms with Gasteiger partial charge in [0.05, 0.1) is 11.4 Å². The molecule has 8 heteroatoms. The van der Waals surface area contributed by atoms with Crippen LogP contribution in [0.4, 0.5) is 17.1 Å². The van der Waals surface area contributed by atoms with Gasteiger partial charge in [-0.2, -0.15) is 0 Å². The largest absolute Gasteiger partial charge is 0.484 e. The number of anilines is 3. The minimum Gasteiger partial charge on any atom is -0.484 e. The molecule has 2 fully saturated rings. The molecular formula is C24H28N4O4. The summed E-state index contributed by atoms with van der Waals surface area (Å²) in [5.41, 5.74) is 7.96. The SMILES string of the molecule is NC(=O)c1ccc(N2CCCCC2)c(NC(=O)COc2cccc(N3CCCC3=O)c2)c1. The van der Waals surface area contributed by atoms with Gasteiger partial charge in [-0.05, 0) is 56.0 Å². The van der Waals surface area contributed by atoms with E-state index < -0.39 is 5.91 Å². The number of hydrogen-bond acceptors (Lipinski definition) is 5. The molecule has 3 N–H and O–H groups in total. The van der Waals surface area contributed by atoms with Crippen LogP contribution < -0.4 is 25.6 Å². The van der Waals surface area contributed by atoms with Gasteiger partial charge in [-0.1, -0.05) is 6.07 Å². The zero-order valence-electron chi connectivity index (χ0n) is 18.0. The monoisotopic (exact) mass is 436 g/mol. The van der Waals surface area contributed by atoms with E-state index in [-0.39, 0.29) is 18.4 Å². The average Bonchev–Trinajstić information content (AvgIpc) is 3.24. The van der Waals surface area contributed by atoms with Crippen molar-refractivity contribution < 1.29 is 19.1 Å². The number of primary amides is 1. The summed E-state index contributed by atoms with van der Waals surface area (Å²) in [4.78, 5) is 40.2. The maximum atomic E-state index is 12.7. The topological polar surface area (TPSA) is 105 Å². The van der Waals surface area contributed by atoms with Crippen molar-refractivity contribution >= 4 is 34.8 Å². The molecule has 2 aromatic rings. The number of benzene rings is 2. The van der Waals surface area contributed by atoms with Crippen LogP contribution in [0.5, 0.6) is 5.75 Å². The van der Waals surface area contributed by atoms with E-state index in [0.29, 0.717) is 30.0 Å². The number of nitrogens with zero attached hydrogens (tertiary/aromatic N) is 2. The summed E-state index contributed by atoms with van der Waals surface area (Å²) in [5.74, 6) is -0.276. The number of nitrogens with two attached hydrogens (primary N) is 1. The number of ether oxygens (including phenoxy) is 1. The van der Waals surface area contributed by atoms with Crippen LogP contribution in [0.25, 0.3) is 0 Å². The van der Waals surface area contributed by atoms with E-state index in [2.05, 4.69) is 10.2 Å². The molecular weight excluding hydrogens is 408 g/mol. The van der Waals surface area contributed by atoms with Crippen molar-refractivity contribution in [1.29, 1.82) is 0 Å². The zero-order chi connectivity index (χ0) is 22.5. The minimum atomic E-state index is -0.546. The van der Waals surface area contributed by atoms with E-state index in [4.69, 9.17) is 10.5 Å². The van der Waals surface area contributed by atoms with E-state index >= 15 is 0 Å². The molecule has 3 amide bonds. The predicted octanol–water partition coefficient (Wildman–Crippen LogP) is 2.92. The predicted molar refractivity (Wildman–Crippen MR) is 123 cm³/mol. The highest BCUT2D eigenvalue weighted by molar-refractivity contribution is 6.00. The van der Waals surface area contributed by atoms with Crippen LogP contribution in [-0.4, -0.2) is 44.0 Å². The number of nitrogens with one attached hydrogen (secondary N) is 1. The molecule has 0 aromatic heterocycles. The third kappa shape index (κ3) is 5.01. The normalized spacial score (nSPS) is 16.2. The number of carbonyl (C=O) groups is 3. The molecule has 0 unspecified atom stereocenters. The lowest BCUT2D eigenvalue weighted by Gasteiger charge is -2.30. The number of hydrogen-bond donors (Lipinski definition) is 2. The van der Waals surface area contributed by atoms with Gasteiger partial charge in [0.1, 0.15) is 5.75 Å². The molecule has 2 aliphatic heterocycles. The highest BCUT2D eigenvalue weighted by Crippen LogP contribution is 2.30. The van der Waals surface area contributed by atoms with Gasteiger partial charge >= 0.3 is 0 Å². The molecule has 0 bridgehead atoms. The third-order valence-corrected chi connectivity index (χ3v) is 5.82. The quantitative estimate of drug-likeness (QED) is 0.694. The standard InChI is InChI=1S/C24H28N4O4/c25-24(31)17-9-10-21(27-11-2-1-3-12-27)20(14-17)26-22(29)16-32-19-7-4-6-18(15-19)28-13-5-8-23(28)30/h4,6-7,9-10,14-15H,1-3,5,8,11-13,16H2,(H2,25,31)(H,26,29). The Labute approximate surface area is 187 Å². The summed E-state index contributed by atoms with van der Waals surface area (Å²) in [7, 11) is 0. The fourth-order valence-corrected chi connectivity index (χ4v) is 4.20.